The van der Waals surface area contributed by atoms with Crippen LogP contribution >= 0.6 is 0 Å². The Hall–Kier alpha value is -3.80. The van der Waals surface area contributed by atoms with Crippen LogP contribution in [0.3, 0.4) is 0 Å². The molecule has 0 unspecified atom stereocenters. The van der Waals surface area contributed by atoms with Crippen LogP contribution in [0.4, 0.5) is 23.7 Å². The van der Waals surface area contributed by atoms with E-state index in [-0.39, 0.29) is 11.4 Å². The monoisotopic (exact) mass is 372 g/mol. The highest BCUT2D eigenvalue weighted by Crippen LogP contribution is 2.37. The third kappa shape index (κ3) is 4.07. The number of nitriles is 1. The SMILES string of the molecule is N#Cc1ccc(NC(=O)Oc2cnn(-c3ccccc3)c2C(F)(F)F)cc1. The number of amides is 1. The van der Waals surface area contributed by atoms with Gasteiger partial charge in [-0.05, 0) is 36.4 Å². The standard InChI is InChI=1S/C18H11F3N4O2/c19-18(20,21)16-15(11-23-25(16)14-4-2-1-3-5-14)27-17(26)24-13-8-6-12(10-22)7-9-13/h1-9,11H,(H,24,26). The van der Waals surface area contributed by atoms with E-state index >= 15 is 0 Å². The van der Waals surface area contributed by atoms with Gasteiger partial charge in [0.1, 0.15) is 0 Å². The molecule has 0 aliphatic rings. The minimum atomic E-state index is -4.80. The molecule has 6 nitrogen and oxygen atoms in total. The lowest BCUT2D eigenvalue weighted by atomic mass is 10.2. The molecule has 3 rings (SSSR count). The van der Waals surface area contributed by atoms with Crippen LogP contribution in [0, 0.1) is 11.3 Å². The second kappa shape index (κ2) is 7.21. The number of anilines is 1. The van der Waals surface area contributed by atoms with Gasteiger partial charge in [0.15, 0.2) is 11.4 Å². The molecule has 1 amide bonds. The minimum Gasteiger partial charge on any atom is -0.406 e. The predicted octanol–water partition coefficient (Wildman–Crippen LogP) is 4.37. The van der Waals surface area contributed by atoms with Crippen molar-refractivity contribution < 1.29 is 22.7 Å². The van der Waals surface area contributed by atoms with Crippen molar-refractivity contribution in [3.8, 4) is 17.5 Å². The molecular weight excluding hydrogens is 361 g/mol. The fourth-order valence-electron chi connectivity index (χ4n) is 2.30. The molecule has 3 aromatic rings. The lowest BCUT2D eigenvalue weighted by Crippen LogP contribution is -2.20. The molecule has 0 atom stereocenters. The van der Waals surface area contributed by atoms with Crippen molar-refractivity contribution in [2.24, 2.45) is 0 Å². The van der Waals surface area contributed by atoms with Gasteiger partial charge in [0.2, 0.25) is 0 Å². The van der Waals surface area contributed by atoms with Crippen LogP contribution in [-0.4, -0.2) is 15.9 Å². The summed E-state index contributed by atoms with van der Waals surface area (Å²) in [4.78, 5) is 12.0. The first-order valence-electron chi connectivity index (χ1n) is 7.58. The van der Waals surface area contributed by atoms with E-state index in [0.29, 0.717) is 10.2 Å². The summed E-state index contributed by atoms with van der Waals surface area (Å²) in [5.41, 5.74) is -0.392. The molecule has 1 heterocycles. The van der Waals surface area contributed by atoms with E-state index in [0.717, 1.165) is 6.20 Å². The van der Waals surface area contributed by atoms with E-state index in [2.05, 4.69) is 10.4 Å². The number of para-hydroxylation sites is 1. The number of hydrogen-bond donors (Lipinski definition) is 1. The van der Waals surface area contributed by atoms with Crippen molar-refractivity contribution in [2.45, 2.75) is 6.18 Å². The molecule has 0 saturated carbocycles. The van der Waals surface area contributed by atoms with Crippen LogP contribution in [0.1, 0.15) is 11.3 Å². The highest BCUT2D eigenvalue weighted by Gasteiger charge is 2.40. The van der Waals surface area contributed by atoms with Crippen LogP contribution < -0.4 is 10.1 Å². The molecule has 0 spiro atoms. The summed E-state index contributed by atoms with van der Waals surface area (Å²) in [6, 6.07) is 15.3. The van der Waals surface area contributed by atoms with Crippen LogP contribution in [0.2, 0.25) is 0 Å². The minimum absolute atomic E-state index is 0.173. The maximum Gasteiger partial charge on any atom is 0.437 e. The topological polar surface area (TPSA) is 79.9 Å². The highest BCUT2D eigenvalue weighted by atomic mass is 19.4. The first kappa shape index (κ1) is 18.0. The van der Waals surface area contributed by atoms with E-state index < -0.39 is 23.7 Å². The molecule has 136 valence electrons. The largest absolute Gasteiger partial charge is 0.437 e. The molecule has 0 bridgehead atoms. The van der Waals surface area contributed by atoms with Crippen LogP contribution in [-0.2, 0) is 6.18 Å². The van der Waals surface area contributed by atoms with Gasteiger partial charge in [-0.2, -0.15) is 23.5 Å². The average molecular weight is 372 g/mol. The van der Waals surface area contributed by atoms with E-state index in [9.17, 15) is 18.0 Å². The van der Waals surface area contributed by atoms with E-state index in [4.69, 9.17) is 10.00 Å². The number of aromatic nitrogens is 2. The Morgan fingerprint density at radius 2 is 1.78 bits per heavy atom. The predicted molar refractivity (Wildman–Crippen MR) is 89.4 cm³/mol. The van der Waals surface area contributed by atoms with E-state index in [1.165, 1.54) is 36.4 Å². The summed E-state index contributed by atoms with van der Waals surface area (Å²) in [7, 11) is 0. The number of carbonyl (C=O) groups is 1. The number of halogens is 3. The Morgan fingerprint density at radius 3 is 2.37 bits per heavy atom. The summed E-state index contributed by atoms with van der Waals surface area (Å²) in [5.74, 6) is -0.725. The first-order chi connectivity index (χ1) is 12.9. The number of nitrogens with one attached hydrogen (secondary N) is 1. The fourth-order valence-corrected chi connectivity index (χ4v) is 2.30. The summed E-state index contributed by atoms with van der Waals surface area (Å²) in [5, 5.41) is 14.7. The van der Waals surface area contributed by atoms with Crippen molar-refractivity contribution in [2.75, 3.05) is 5.32 Å². The van der Waals surface area contributed by atoms with Crippen molar-refractivity contribution in [1.82, 2.24) is 9.78 Å². The number of ether oxygens (including phenoxy) is 1. The molecule has 9 heteroatoms. The number of hydrogen-bond acceptors (Lipinski definition) is 4. The van der Waals surface area contributed by atoms with E-state index in [1.807, 2.05) is 6.07 Å². The van der Waals surface area contributed by atoms with Gasteiger partial charge in [-0.3, -0.25) is 5.32 Å². The Kier molecular flexibility index (Phi) is 4.81. The van der Waals surface area contributed by atoms with Gasteiger partial charge in [-0.1, -0.05) is 18.2 Å². The average Bonchev–Trinajstić information content (AvgIpc) is 3.07. The molecule has 1 N–H and O–H groups in total. The van der Waals surface area contributed by atoms with Crippen molar-refractivity contribution in [3.05, 3.63) is 72.1 Å². The van der Waals surface area contributed by atoms with Crippen molar-refractivity contribution in [3.63, 3.8) is 0 Å². The molecule has 2 aromatic carbocycles. The molecule has 1 aromatic heterocycles. The third-order valence-corrected chi connectivity index (χ3v) is 3.47. The lowest BCUT2D eigenvalue weighted by Gasteiger charge is -2.12. The third-order valence-electron chi connectivity index (χ3n) is 3.47. The van der Waals surface area contributed by atoms with Gasteiger partial charge in [0, 0.05) is 5.69 Å². The van der Waals surface area contributed by atoms with Gasteiger partial charge in [0.05, 0.1) is 23.5 Å². The van der Waals surface area contributed by atoms with Crippen LogP contribution in [0.15, 0.2) is 60.8 Å². The zero-order chi connectivity index (χ0) is 19.4. The maximum atomic E-state index is 13.5. The smallest absolute Gasteiger partial charge is 0.406 e. The number of benzene rings is 2. The molecule has 0 fully saturated rings. The van der Waals surface area contributed by atoms with Gasteiger partial charge in [-0.15, -0.1) is 0 Å². The Balaban J connectivity index is 1.85. The molecular formula is C18H11F3N4O2. The second-order valence-corrected chi connectivity index (χ2v) is 5.31. The molecule has 0 aliphatic carbocycles. The Morgan fingerprint density at radius 1 is 1.11 bits per heavy atom. The van der Waals surface area contributed by atoms with Gasteiger partial charge < -0.3 is 4.74 Å². The molecule has 0 radical (unpaired) electrons. The van der Waals surface area contributed by atoms with Gasteiger partial charge in [-0.25, -0.2) is 9.48 Å². The van der Waals surface area contributed by atoms with Crippen molar-refractivity contribution in [1.29, 1.82) is 5.26 Å². The summed E-state index contributed by atoms with van der Waals surface area (Å²) >= 11 is 0. The Labute approximate surface area is 151 Å². The normalized spacial score (nSPS) is 10.9. The quantitative estimate of drug-likeness (QED) is 0.740. The zero-order valence-electron chi connectivity index (χ0n) is 13.6. The first-order valence-corrected chi connectivity index (χ1v) is 7.58. The fraction of sp³-hybridized carbons (Fsp3) is 0.0556. The molecule has 0 aliphatic heterocycles. The highest BCUT2D eigenvalue weighted by molar-refractivity contribution is 5.86. The van der Waals surface area contributed by atoms with Gasteiger partial charge >= 0.3 is 12.3 Å². The number of carbonyl (C=O) groups excluding carboxylic acids is 1. The van der Waals surface area contributed by atoms with Crippen LogP contribution in [0.5, 0.6) is 5.75 Å². The number of rotatable bonds is 3. The van der Waals surface area contributed by atoms with E-state index in [1.54, 1.807) is 18.2 Å². The maximum absolute atomic E-state index is 13.5. The zero-order valence-corrected chi connectivity index (χ0v) is 13.6. The molecule has 0 saturated heterocycles. The summed E-state index contributed by atoms with van der Waals surface area (Å²) in [6.45, 7) is 0. The molecule has 27 heavy (non-hydrogen) atoms. The van der Waals surface area contributed by atoms with Gasteiger partial charge in [0.25, 0.3) is 0 Å². The summed E-state index contributed by atoms with van der Waals surface area (Å²) in [6.07, 6.45) is -5.08. The van der Waals surface area contributed by atoms with Crippen LogP contribution in [0.25, 0.3) is 5.69 Å². The summed E-state index contributed by atoms with van der Waals surface area (Å²) < 4.78 is 45.9. The number of nitrogens with zero attached hydrogens (tertiary/aromatic N) is 3. The van der Waals surface area contributed by atoms with Crippen molar-refractivity contribution >= 4 is 11.8 Å². The Bertz CT molecular complexity index is 990. The number of alkyl halides is 3. The second-order valence-electron chi connectivity index (χ2n) is 5.31. The lowest BCUT2D eigenvalue weighted by molar-refractivity contribution is -0.143.